The molecule has 0 aliphatic carbocycles. The summed E-state index contributed by atoms with van der Waals surface area (Å²) >= 11 is 1.50. The van der Waals surface area contributed by atoms with Gasteiger partial charge in [-0.1, -0.05) is 78.5 Å². The van der Waals surface area contributed by atoms with Crippen molar-refractivity contribution in [1.29, 1.82) is 0 Å². The Hall–Kier alpha value is -5.08. The Morgan fingerprint density at radius 2 is 1.63 bits per heavy atom. The molecule has 0 radical (unpaired) electrons. The lowest BCUT2D eigenvalue weighted by molar-refractivity contribution is -0.245. The molecule has 1 saturated heterocycles. The average molecular weight is 680 g/mol. The van der Waals surface area contributed by atoms with Crippen molar-refractivity contribution in [2.24, 2.45) is 0 Å². The Labute approximate surface area is 288 Å². The first-order valence-corrected chi connectivity index (χ1v) is 16.9. The van der Waals surface area contributed by atoms with Crippen LogP contribution in [0.4, 0.5) is 17.1 Å². The highest BCUT2D eigenvalue weighted by Crippen LogP contribution is 2.40. The molecule has 12 nitrogen and oxygen atoms in total. The van der Waals surface area contributed by atoms with Gasteiger partial charge in [-0.3, -0.25) is 9.59 Å². The van der Waals surface area contributed by atoms with Gasteiger partial charge in [-0.25, -0.2) is 0 Å². The van der Waals surface area contributed by atoms with Gasteiger partial charge in [0.2, 0.25) is 17.0 Å². The van der Waals surface area contributed by atoms with E-state index >= 15 is 0 Å². The highest BCUT2D eigenvalue weighted by Gasteiger charge is 2.33. The fourth-order valence-electron chi connectivity index (χ4n) is 5.41. The maximum atomic E-state index is 12.8. The van der Waals surface area contributed by atoms with E-state index in [9.17, 15) is 14.7 Å². The SMILES string of the molecule is Nc1ccccc1NC(=O)CCCC(=O)Nc1cccc(C2OC(CSc3nnnn3-c3ccccc3)CC(c3ccc(CO)cc3)O2)c1. The summed E-state index contributed by atoms with van der Waals surface area (Å²) in [6.07, 6.45) is 0.117. The van der Waals surface area contributed by atoms with Gasteiger partial charge in [0.25, 0.3) is 0 Å². The van der Waals surface area contributed by atoms with Crippen LogP contribution in [0, 0.1) is 0 Å². The third-order valence-corrected chi connectivity index (χ3v) is 8.99. The molecule has 1 aliphatic rings. The summed E-state index contributed by atoms with van der Waals surface area (Å²) in [5, 5.41) is 28.2. The molecular formula is C36H37N7O5S. The molecule has 252 valence electrons. The van der Waals surface area contributed by atoms with Crippen LogP contribution < -0.4 is 16.4 Å². The number of thioether (sulfide) groups is 1. The van der Waals surface area contributed by atoms with Gasteiger partial charge in [-0.05, 0) is 64.4 Å². The van der Waals surface area contributed by atoms with Crippen molar-refractivity contribution in [1.82, 2.24) is 20.2 Å². The molecule has 1 aliphatic heterocycles. The van der Waals surface area contributed by atoms with Crippen LogP contribution >= 0.6 is 11.8 Å². The summed E-state index contributed by atoms with van der Waals surface area (Å²) in [6, 6.07) is 31.8. The molecule has 0 spiro atoms. The molecule has 3 unspecified atom stereocenters. The predicted octanol–water partition coefficient (Wildman–Crippen LogP) is 5.82. The summed E-state index contributed by atoms with van der Waals surface area (Å²) in [6.45, 7) is -0.0402. The Morgan fingerprint density at radius 1 is 0.878 bits per heavy atom. The predicted molar refractivity (Wildman–Crippen MR) is 187 cm³/mol. The zero-order chi connectivity index (χ0) is 34.0. The van der Waals surface area contributed by atoms with E-state index in [4.69, 9.17) is 15.2 Å². The minimum Gasteiger partial charge on any atom is -0.397 e. The van der Waals surface area contributed by atoms with E-state index in [2.05, 4.69) is 26.2 Å². The van der Waals surface area contributed by atoms with Gasteiger partial charge >= 0.3 is 0 Å². The van der Waals surface area contributed by atoms with E-state index < -0.39 is 6.29 Å². The molecule has 13 heteroatoms. The molecular weight excluding hydrogens is 643 g/mol. The van der Waals surface area contributed by atoms with Crippen molar-refractivity contribution in [3.8, 4) is 5.69 Å². The number of aliphatic hydroxyl groups is 1. The van der Waals surface area contributed by atoms with E-state index in [1.54, 1.807) is 35.0 Å². The average Bonchev–Trinajstić information content (AvgIpc) is 3.61. The van der Waals surface area contributed by atoms with Crippen LogP contribution in [0.1, 0.15) is 54.8 Å². The lowest BCUT2D eigenvalue weighted by Gasteiger charge is -2.36. The molecule has 2 heterocycles. The number of hydrogen-bond acceptors (Lipinski definition) is 10. The molecule has 6 rings (SSSR count). The van der Waals surface area contributed by atoms with E-state index in [1.807, 2.05) is 72.8 Å². The van der Waals surface area contributed by atoms with E-state index in [0.29, 0.717) is 40.8 Å². The standard InChI is InChI=1S/C36H37N7O5S/c37-30-12-4-5-13-31(30)39-34(46)15-7-14-33(45)38-27-9-6-8-26(20-27)35-47-29(21-32(48-35)25-18-16-24(22-44)17-19-25)23-49-36-40-41-42-43(36)28-10-2-1-3-11-28/h1-6,8-13,16-20,29,32,35,44H,7,14-15,21-23,37H2,(H,38,45)(H,39,46). The Kier molecular flexibility index (Phi) is 11.3. The van der Waals surface area contributed by atoms with Gasteiger partial charge in [0.05, 0.1) is 35.9 Å². The number of amides is 2. The molecule has 5 N–H and O–H groups in total. The number of aromatic nitrogens is 4. The Morgan fingerprint density at radius 3 is 2.41 bits per heavy atom. The largest absolute Gasteiger partial charge is 0.397 e. The van der Waals surface area contributed by atoms with Crippen molar-refractivity contribution in [3.05, 3.63) is 120 Å². The zero-order valence-corrected chi connectivity index (χ0v) is 27.5. The normalized spacial score (nSPS) is 17.4. The number of para-hydroxylation sites is 3. The van der Waals surface area contributed by atoms with E-state index in [1.165, 1.54) is 11.8 Å². The first kappa shape index (κ1) is 33.8. The van der Waals surface area contributed by atoms with E-state index in [0.717, 1.165) is 22.4 Å². The highest BCUT2D eigenvalue weighted by atomic mass is 32.2. The summed E-state index contributed by atoms with van der Waals surface area (Å²) in [5.74, 6) is 0.158. The fraction of sp³-hybridized carbons (Fsp3) is 0.250. The van der Waals surface area contributed by atoms with Gasteiger partial charge in [0.15, 0.2) is 6.29 Å². The lowest BCUT2D eigenvalue weighted by atomic mass is 10.0. The quantitative estimate of drug-likeness (QED) is 0.0880. The number of nitrogens with two attached hydrogens (primary N) is 1. The molecule has 0 saturated carbocycles. The summed E-state index contributed by atoms with van der Waals surface area (Å²) in [7, 11) is 0. The third-order valence-electron chi connectivity index (χ3n) is 7.94. The zero-order valence-electron chi connectivity index (χ0n) is 26.6. The Bertz CT molecular complexity index is 1850. The van der Waals surface area contributed by atoms with Crippen LogP contribution in [0.2, 0.25) is 0 Å². The number of aliphatic hydroxyl groups excluding tert-OH is 1. The number of nitrogens with zero attached hydrogens (tertiary/aromatic N) is 4. The third kappa shape index (κ3) is 9.09. The maximum absolute atomic E-state index is 12.8. The second-order valence-corrected chi connectivity index (χ2v) is 12.5. The number of ether oxygens (including phenoxy) is 2. The number of benzene rings is 4. The van der Waals surface area contributed by atoms with Gasteiger partial charge in [0.1, 0.15) is 0 Å². The number of carbonyl (C=O) groups is 2. The van der Waals surface area contributed by atoms with Crippen LogP contribution in [-0.2, 0) is 25.7 Å². The number of nitrogens with one attached hydrogen (secondary N) is 2. The molecule has 0 bridgehead atoms. The highest BCUT2D eigenvalue weighted by molar-refractivity contribution is 7.99. The van der Waals surface area contributed by atoms with Gasteiger partial charge < -0.3 is 30.9 Å². The number of rotatable bonds is 13. The number of anilines is 3. The van der Waals surface area contributed by atoms with Crippen LogP contribution in [-0.4, -0.2) is 49.0 Å². The van der Waals surface area contributed by atoms with Crippen LogP contribution in [0.15, 0.2) is 108 Å². The number of hydrogen-bond donors (Lipinski definition) is 4. The van der Waals surface area contributed by atoms with Crippen molar-refractivity contribution in [2.75, 3.05) is 22.1 Å². The van der Waals surface area contributed by atoms with E-state index in [-0.39, 0.29) is 43.5 Å². The van der Waals surface area contributed by atoms with Gasteiger partial charge in [0, 0.05) is 36.3 Å². The Balaban J connectivity index is 1.10. The minimum absolute atomic E-state index is 0.0402. The second kappa shape index (κ2) is 16.3. The smallest absolute Gasteiger partial charge is 0.224 e. The minimum atomic E-state index is -0.710. The van der Waals surface area contributed by atoms with Crippen molar-refractivity contribution in [3.63, 3.8) is 0 Å². The first-order valence-electron chi connectivity index (χ1n) is 16.0. The monoisotopic (exact) mass is 679 g/mol. The van der Waals surface area contributed by atoms with Crippen LogP contribution in [0.25, 0.3) is 5.69 Å². The lowest BCUT2D eigenvalue weighted by Crippen LogP contribution is -2.31. The topological polar surface area (TPSA) is 167 Å². The molecule has 4 aromatic carbocycles. The second-order valence-electron chi connectivity index (χ2n) is 11.5. The summed E-state index contributed by atoms with van der Waals surface area (Å²) in [4.78, 5) is 25.2. The number of tetrazole rings is 1. The number of nitrogen functional groups attached to an aromatic ring is 1. The molecule has 1 fully saturated rings. The molecule has 5 aromatic rings. The van der Waals surface area contributed by atoms with Gasteiger partial charge in [-0.2, -0.15) is 4.68 Å². The van der Waals surface area contributed by atoms with Crippen LogP contribution in [0.3, 0.4) is 0 Å². The first-order chi connectivity index (χ1) is 23.9. The molecule has 2 amide bonds. The molecule has 49 heavy (non-hydrogen) atoms. The fourth-order valence-corrected chi connectivity index (χ4v) is 6.32. The molecule has 3 atom stereocenters. The van der Waals surface area contributed by atoms with Crippen molar-refractivity contribution in [2.45, 2.75) is 55.9 Å². The van der Waals surface area contributed by atoms with Crippen molar-refractivity contribution >= 4 is 40.6 Å². The maximum Gasteiger partial charge on any atom is 0.224 e. The van der Waals surface area contributed by atoms with Gasteiger partial charge in [-0.15, -0.1) is 5.10 Å². The van der Waals surface area contributed by atoms with Crippen LogP contribution in [0.5, 0.6) is 0 Å². The molecule has 1 aromatic heterocycles. The summed E-state index contributed by atoms with van der Waals surface area (Å²) < 4.78 is 14.7. The van der Waals surface area contributed by atoms with Crippen molar-refractivity contribution < 1.29 is 24.2 Å². The summed E-state index contributed by atoms with van der Waals surface area (Å²) in [5.41, 5.74) is 10.9. The number of carbonyl (C=O) groups excluding carboxylic acids is 2.